The maximum absolute atomic E-state index is 12.4. The number of hydrogen-bond donors (Lipinski definition) is 1. The number of hydrogen-bond acceptors (Lipinski definition) is 7. The lowest BCUT2D eigenvalue weighted by Gasteiger charge is -2.07. The fourth-order valence-electron chi connectivity index (χ4n) is 2.87. The highest BCUT2D eigenvalue weighted by atomic mass is 32.1. The topological polar surface area (TPSA) is 102 Å². The zero-order valence-electron chi connectivity index (χ0n) is 14.8. The van der Waals surface area contributed by atoms with E-state index >= 15 is 0 Å². The van der Waals surface area contributed by atoms with Gasteiger partial charge in [0.25, 0.3) is 11.6 Å². The average molecular weight is 413 g/mol. The predicted octanol–water partition coefficient (Wildman–Crippen LogP) is 3.71. The number of thiophene rings is 1. The zero-order chi connectivity index (χ0) is 19.7. The Kier molecular flexibility index (Phi) is 4.88. The Labute approximate surface area is 167 Å². The van der Waals surface area contributed by atoms with Crippen molar-refractivity contribution < 1.29 is 9.72 Å². The standard InChI is InChI=1S/C18H15N5O3S2/c1-11-13(4-2-5-14(11)23(25)26)17(24)19-8-7-12-10-28-18-20-16(21-22(12)18)15-6-3-9-27-15/h2-6,9-10H,7-8H2,1H3,(H,19,24). The van der Waals surface area contributed by atoms with Crippen molar-refractivity contribution in [3.05, 3.63) is 68.0 Å². The lowest BCUT2D eigenvalue weighted by molar-refractivity contribution is -0.385. The van der Waals surface area contributed by atoms with Crippen molar-refractivity contribution in [1.82, 2.24) is 19.9 Å². The van der Waals surface area contributed by atoms with E-state index in [1.165, 1.54) is 23.5 Å². The van der Waals surface area contributed by atoms with E-state index < -0.39 is 4.92 Å². The number of nitrogens with zero attached hydrogens (tertiary/aromatic N) is 4. The first-order valence-corrected chi connectivity index (χ1v) is 10.2. The van der Waals surface area contributed by atoms with Crippen molar-refractivity contribution in [1.29, 1.82) is 0 Å². The van der Waals surface area contributed by atoms with Crippen LogP contribution in [-0.4, -0.2) is 32.0 Å². The molecule has 1 aromatic carbocycles. The van der Waals surface area contributed by atoms with Gasteiger partial charge in [0.1, 0.15) is 0 Å². The lowest BCUT2D eigenvalue weighted by Crippen LogP contribution is -2.26. The molecular weight excluding hydrogens is 398 g/mol. The average Bonchev–Trinajstić information content (AvgIpc) is 3.39. The van der Waals surface area contributed by atoms with E-state index in [1.54, 1.807) is 28.8 Å². The quantitative estimate of drug-likeness (QED) is 0.383. The Morgan fingerprint density at radius 1 is 1.29 bits per heavy atom. The zero-order valence-corrected chi connectivity index (χ0v) is 16.4. The molecule has 0 aliphatic rings. The maximum atomic E-state index is 12.4. The molecule has 142 valence electrons. The molecule has 0 atom stereocenters. The molecule has 4 rings (SSSR count). The van der Waals surface area contributed by atoms with Gasteiger partial charge in [0.05, 0.1) is 15.5 Å². The Morgan fingerprint density at radius 2 is 2.14 bits per heavy atom. The summed E-state index contributed by atoms with van der Waals surface area (Å²) in [5.41, 5.74) is 1.56. The minimum absolute atomic E-state index is 0.0593. The fourth-order valence-corrected chi connectivity index (χ4v) is 4.38. The Bertz CT molecular complexity index is 1160. The molecule has 1 N–H and O–H groups in total. The number of nitrogens with one attached hydrogen (secondary N) is 1. The van der Waals surface area contributed by atoms with Gasteiger partial charge in [0.15, 0.2) is 5.82 Å². The van der Waals surface area contributed by atoms with Gasteiger partial charge in [-0.25, -0.2) is 4.52 Å². The van der Waals surface area contributed by atoms with Crippen molar-refractivity contribution in [3.63, 3.8) is 0 Å². The minimum atomic E-state index is -0.482. The van der Waals surface area contributed by atoms with E-state index in [4.69, 9.17) is 0 Å². The molecule has 0 spiro atoms. The molecule has 0 bridgehead atoms. The van der Waals surface area contributed by atoms with Gasteiger partial charge in [-0.15, -0.1) is 27.8 Å². The van der Waals surface area contributed by atoms with Crippen molar-refractivity contribution in [2.75, 3.05) is 6.54 Å². The second-order valence-corrected chi connectivity index (χ2v) is 7.83. The Morgan fingerprint density at radius 3 is 2.89 bits per heavy atom. The molecular formula is C18H15N5O3S2. The van der Waals surface area contributed by atoms with E-state index in [0.717, 1.165) is 15.5 Å². The molecule has 0 saturated heterocycles. The smallest absolute Gasteiger partial charge is 0.273 e. The van der Waals surface area contributed by atoms with Crippen LogP contribution >= 0.6 is 22.7 Å². The largest absolute Gasteiger partial charge is 0.352 e. The van der Waals surface area contributed by atoms with Crippen LogP contribution in [-0.2, 0) is 6.42 Å². The summed E-state index contributed by atoms with van der Waals surface area (Å²) in [6.45, 7) is 1.97. The van der Waals surface area contributed by atoms with Crippen LogP contribution in [0.2, 0.25) is 0 Å². The van der Waals surface area contributed by atoms with Crippen molar-refractivity contribution in [2.24, 2.45) is 0 Å². The summed E-state index contributed by atoms with van der Waals surface area (Å²) in [7, 11) is 0. The minimum Gasteiger partial charge on any atom is -0.352 e. The Hall–Kier alpha value is -3.11. The number of benzene rings is 1. The third-order valence-electron chi connectivity index (χ3n) is 4.30. The van der Waals surface area contributed by atoms with E-state index in [9.17, 15) is 14.9 Å². The normalized spacial score (nSPS) is 11.0. The van der Waals surface area contributed by atoms with Gasteiger partial charge in [-0.3, -0.25) is 14.9 Å². The van der Waals surface area contributed by atoms with Crippen LogP contribution < -0.4 is 5.32 Å². The molecule has 0 aliphatic heterocycles. The van der Waals surface area contributed by atoms with Gasteiger partial charge < -0.3 is 5.32 Å². The van der Waals surface area contributed by atoms with Crippen molar-refractivity contribution in [2.45, 2.75) is 13.3 Å². The molecule has 3 aromatic heterocycles. The first-order chi connectivity index (χ1) is 13.5. The van der Waals surface area contributed by atoms with Gasteiger partial charge in [-0.1, -0.05) is 12.1 Å². The van der Waals surface area contributed by atoms with E-state index in [2.05, 4.69) is 15.4 Å². The second-order valence-electron chi connectivity index (χ2n) is 6.05. The number of carbonyl (C=O) groups is 1. The molecule has 10 heteroatoms. The molecule has 28 heavy (non-hydrogen) atoms. The molecule has 0 aliphatic carbocycles. The second kappa shape index (κ2) is 7.49. The van der Waals surface area contributed by atoms with Crippen LogP contribution in [0.5, 0.6) is 0 Å². The number of nitro groups is 1. The maximum Gasteiger partial charge on any atom is 0.273 e. The number of rotatable bonds is 6. The first kappa shape index (κ1) is 18.3. The molecule has 0 fully saturated rings. The van der Waals surface area contributed by atoms with Gasteiger partial charge in [-0.05, 0) is 24.4 Å². The fraction of sp³-hybridized carbons (Fsp3) is 0.167. The summed E-state index contributed by atoms with van der Waals surface area (Å²) in [6.07, 6.45) is 0.576. The molecule has 0 radical (unpaired) electrons. The van der Waals surface area contributed by atoms with Gasteiger partial charge in [0, 0.05) is 35.5 Å². The summed E-state index contributed by atoms with van der Waals surface area (Å²) in [6, 6.07) is 8.44. The van der Waals surface area contributed by atoms with Crippen molar-refractivity contribution >= 4 is 39.2 Å². The summed E-state index contributed by atoms with van der Waals surface area (Å²) in [5.74, 6) is 0.366. The van der Waals surface area contributed by atoms with E-state index in [0.29, 0.717) is 29.9 Å². The number of carbonyl (C=O) groups excluding carboxylic acids is 1. The number of nitro benzene ring substituents is 1. The highest BCUT2D eigenvalue weighted by Gasteiger charge is 2.18. The number of aromatic nitrogens is 3. The molecule has 1 amide bonds. The monoisotopic (exact) mass is 413 g/mol. The number of amides is 1. The molecule has 3 heterocycles. The SMILES string of the molecule is Cc1c(C(=O)NCCc2csc3nc(-c4cccs4)nn23)cccc1[N+](=O)[O-]. The van der Waals surface area contributed by atoms with E-state index in [-0.39, 0.29) is 11.6 Å². The van der Waals surface area contributed by atoms with Crippen LogP contribution in [0.1, 0.15) is 21.6 Å². The van der Waals surface area contributed by atoms with Crippen LogP contribution in [0.15, 0.2) is 41.1 Å². The van der Waals surface area contributed by atoms with Crippen LogP contribution in [0.3, 0.4) is 0 Å². The molecule has 0 unspecified atom stereocenters. The number of thiazole rings is 1. The summed E-state index contributed by atoms with van der Waals surface area (Å²) in [5, 5.41) is 22.4. The molecule has 8 nitrogen and oxygen atoms in total. The third kappa shape index (κ3) is 3.39. The summed E-state index contributed by atoms with van der Waals surface area (Å²) >= 11 is 3.09. The number of fused-ring (bicyclic) bond motifs is 1. The van der Waals surface area contributed by atoms with Crippen LogP contribution in [0.25, 0.3) is 15.7 Å². The Balaban J connectivity index is 1.45. The predicted molar refractivity (Wildman–Crippen MR) is 108 cm³/mol. The molecule has 0 saturated carbocycles. The van der Waals surface area contributed by atoms with Crippen LogP contribution in [0, 0.1) is 17.0 Å². The highest BCUT2D eigenvalue weighted by molar-refractivity contribution is 7.15. The lowest BCUT2D eigenvalue weighted by atomic mass is 10.1. The van der Waals surface area contributed by atoms with Crippen molar-refractivity contribution in [3.8, 4) is 10.7 Å². The van der Waals surface area contributed by atoms with Gasteiger partial charge >= 0.3 is 0 Å². The summed E-state index contributed by atoms with van der Waals surface area (Å²) in [4.78, 5) is 29.3. The third-order valence-corrected chi connectivity index (χ3v) is 6.04. The van der Waals surface area contributed by atoms with Gasteiger partial charge in [0.2, 0.25) is 4.96 Å². The molecule has 4 aromatic rings. The summed E-state index contributed by atoms with van der Waals surface area (Å²) < 4.78 is 1.80. The first-order valence-electron chi connectivity index (χ1n) is 8.44. The van der Waals surface area contributed by atoms with Crippen LogP contribution in [0.4, 0.5) is 5.69 Å². The van der Waals surface area contributed by atoms with E-state index in [1.807, 2.05) is 22.9 Å². The highest BCUT2D eigenvalue weighted by Crippen LogP contribution is 2.24. The van der Waals surface area contributed by atoms with Gasteiger partial charge in [-0.2, -0.15) is 4.98 Å².